The summed E-state index contributed by atoms with van der Waals surface area (Å²) in [5.74, 6) is -0.856. The number of carbonyl (C=O) groups excluding carboxylic acids is 1. The molecule has 0 aliphatic rings. The molecule has 4 aromatic rings. The van der Waals surface area contributed by atoms with Gasteiger partial charge in [0.25, 0.3) is 11.6 Å². The van der Waals surface area contributed by atoms with E-state index in [1.807, 2.05) is 36.7 Å². The van der Waals surface area contributed by atoms with Gasteiger partial charge in [0.2, 0.25) is 0 Å². The second kappa shape index (κ2) is 7.86. The maximum absolute atomic E-state index is 13.1. The van der Waals surface area contributed by atoms with Gasteiger partial charge in [-0.15, -0.1) is 0 Å². The highest BCUT2D eigenvalue weighted by Crippen LogP contribution is 2.30. The largest absolute Gasteiger partial charge is 0.506 e. The van der Waals surface area contributed by atoms with E-state index in [1.165, 1.54) is 12.1 Å². The van der Waals surface area contributed by atoms with Crippen LogP contribution in [-0.4, -0.2) is 30.7 Å². The molecular formula is C22H19N5O4. The van der Waals surface area contributed by atoms with Gasteiger partial charge in [0.15, 0.2) is 0 Å². The van der Waals surface area contributed by atoms with Gasteiger partial charge in [0.05, 0.1) is 39.6 Å². The summed E-state index contributed by atoms with van der Waals surface area (Å²) < 4.78 is 1.85. The third-order valence-corrected chi connectivity index (χ3v) is 5.08. The van der Waals surface area contributed by atoms with Crippen LogP contribution in [0, 0.1) is 17.0 Å². The third kappa shape index (κ3) is 3.68. The number of benzene rings is 2. The predicted molar refractivity (Wildman–Crippen MR) is 116 cm³/mol. The van der Waals surface area contributed by atoms with Crippen molar-refractivity contribution in [3.8, 4) is 17.0 Å². The zero-order valence-corrected chi connectivity index (χ0v) is 16.9. The average Bonchev–Trinajstić information content (AvgIpc) is 3.14. The van der Waals surface area contributed by atoms with Gasteiger partial charge in [0, 0.05) is 29.3 Å². The SMILES string of the molecule is CCn1ncc(-c2cc(C(=O)Nc3ccc([N+](=O)[O-])cc3O)c3ccccc3n2)c1C. The van der Waals surface area contributed by atoms with Gasteiger partial charge in [-0.2, -0.15) is 5.10 Å². The highest BCUT2D eigenvalue weighted by Gasteiger charge is 2.18. The number of phenols is 1. The first-order valence-electron chi connectivity index (χ1n) is 9.60. The Balaban J connectivity index is 1.78. The fraction of sp³-hybridized carbons (Fsp3) is 0.136. The molecule has 31 heavy (non-hydrogen) atoms. The van der Waals surface area contributed by atoms with Crippen molar-refractivity contribution in [1.29, 1.82) is 0 Å². The molecule has 0 fully saturated rings. The molecule has 0 radical (unpaired) electrons. The van der Waals surface area contributed by atoms with E-state index in [2.05, 4.69) is 10.4 Å². The van der Waals surface area contributed by atoms with Gasteiger partial charge in [0.1, 0.15) is 5.75 Å². The molecular weight excluding hydrogens is 398 g/mol. The first-order chi connectivity index (χ1) is 14.9. The van der Waals surface area contributed by atoms with Gasteiger partial charge in [-0.25, -0.2) is 4.98 Å². The molecule has 2 aromatic carbocycles. The number of amides is 1. The Hall–Kier alpha value is -4.27. The first-order valence-corrected chi connectivity index (χ1v) is 9.60. The van der Waals surface area contributed by atoms with Crippen LogP contribution in [-0.2, 0) is 6.54 Å². The molecule has 0 unspecified atom stereocenters. The van der Waals surface area contributed by atoms with E-state index in [0.717, 1.165) is 17.3 Å². The summed E-state index contributed by atoms with van der Waals surface area (Å²) in [6.07, 6.45) is 1.72. The van der Waals surface area contributed by atoms with Crippen LogP contribution in [0.25, 0.3) is 22.2 Å². The summed E-state index contributed by atoms with van der Waals surface area (Å²) >= 11 is 0. The lowest BCUT2D eigenvalue weighted by atomic mass is 10.0. The number of carbonyl (C=O) groups is 1. The van der Waals surface area contributed by atoms with Crippen molar-refractivity contribution in [2.45, 2.75) is 20.4 Å². The van der Waals surface area contributed by atoms with Crippen LogP contribution in [0.1, 0.15) is 23.0 Å². The van der Waals surface area contributed by atoms with Gasteiger partial charge in [-0.3, -0.25) is 19.6 Å². The number of para-hydroxylation sites is 1. The summed E-state index contributed by atoms with van der Waals surface area (Å²) in [7, 11) is 0. The number of nitro benzene ring substituents is 1. The lowest BCUT2D eigenvalue weighted by molar-refractivity contribution is -0.384. The van der Waals surface area contributed by atoms with Crippen LogP contribution < -0.4 is 5.32 Å². The highest BCUT2D eigenvalue weighted by atomic mass is 16.6. The van der Waals surface area contributed by atoms with E-state index in [-0.39, 0.29) is 17.1 Å². The van der Waals surface area contributed by atoms with Crippen LogP contribution >= 0.6 is 0 Å². The molecule has 2 N–H and O–H groups in total. The van der Waals surface area contributed by atoms with E-state index in [0.29, 0.717) is 28.7 Å². The zero-order valence-electron chi connectivity index (χ0n) is 16.9. The number of fused-ring (bicyclic) bond motifs is 1. The van der Waals surface area contributed by atoms with Gasteiger partial charge < -0.3 is 10.4 Å². The number of nitrogens with one attached hydrogen (secondary N) is 1. The highest BCUT2D eigenvalue weighted by molar-refractivity contribution is 6.13. The third-order valence-electron chi connectivity index (χ3n) is 5.08. The average molecular weight is 417 g/mol. The van der Waals surface area contributed by atoms with Gasteiger partial charge in [-0.05, 0) is 32.0 Å². The minimum atomic E-state index is -0.618. The van der Waals surface area contributed by atoms with E-state index in [4.69, 9.17) is 4.98 Å². The number of hydrogen-bond donors (Lipinski definition) is 2. The number of anilines is 1. The van der Waals surface area contributed by atoms with Crippen LogP contribution in [0.3, 0.4) is 0 Å². The molecule has 2 heterocycles. The van der Waals surface area contributed by atoms with E-state index in [9.17, 15) is 20.0 Å². The van der Waals surface area contributed by atoms with E-state index >= 15 is 0 Å². The second-order valence-corrected chi connectivity index (χ2v) is 6.94. The monoisotopic (exact) mass is 417 g/mol. The number of phenolic OH excluding ortho intramolecular Hbond substituents is 1. The molecule has 1 amide bonds. The molecule has 9 nitrogen and oxygen atoms in total. The minimum Gasteiger partial charge on any atom is -0.506 e. The Morgan fingerprint density at radius 3 is 2.68 bits per heavy atom. The topological polar surface area (TPSA) is 123 Å². The predicted octanol–water partition coefficient (Wildman–Crippen LogP) is 4.29. The fourth-order valence-corrected chi connectivity index (χ4v) is 3.45. The zero-order chi connectivity index (χ0) is 22.1. The Bertz CT molecular complexity index is 1330. The number of aromatic hydroxyl groups is 1. The maximum Gasteiger partial charge on any atom is 0.273 e. The molecule has 4 rings (SSSR count). The number of rotatable bonds is 5. The van der Waals surface area contributed by atoms with E-state index < -0.39 is 10.8 Å². The van der Waals surface area contributed by atoms with Crippen molar-refractivity contribution in [2.24, 2.45) is 0 Å². The Labute approximate surface area is 177 Å². The summed E-state index contributed by atoms with van der Waals surface area (Å²) in [5, 5.41) is 28.6. The van der Waals surface area contributed by atoms with Crippen molar-refractivity contribution in [3.05, 3.63) is 76.1 Å². The van der Waals surface area contributed by atoms with Crippen LogP contribution in [0.2, 0.25) is 0 Å². The lowest BCUT2D eigenvalue weighted by Crippen LogP contribution is -2.13. The summed E-state index contributed by atoms with van der Waals surface area (Å²) in [6.45, 7) is 4.65. The van der Waals surface area contributed by atoms with Gasteiger partial charge in [-0.1, -0.05) is 18.2 Å². The molecule has 0 bridgehead atoms. The fourth-order valence-electron chi connectivity index (χ4n) is 3.45. The van der Waals surface area contributed by atoms with Crippen LogP contribution in [0.5, 0.6) is 5.75 Å². The molecule has 0 atom stereocenters. The molecule has 0 spiro atoms. The number of nitrogens with zero attached hydrogens (tertiary/aromatic N) is 4. The van der Waals surface area contributed by atoms with Crippen molar-refractivity contribution in [3.63, 3.8) is 0 Å². The quantitative estimate of drug-likeness (QED) is 0.284. The van der Waals surface area contributed by atoms with Crippen molar-refractivity contribution in [1.82, 2.24) is 14.8 Å². The maximum atomic E-state index is 13.1. The van der Waals surface area contributed by atoms with Crippen LogP contribution in [0.4, 0.5) is 11.4 Å². The molecule has 0 aliphatic heterocycles. The molecule has 0 aliphatic carbocycles. The van der Waals surface area contributed by atoms with Crippen LogP contribution in [0.15, 0.2) is 54.7 Å². The van der Waals surface area contributed by atoms with Gasteiger partial charge >= 0.3 is 0 Å². The van der Waals surface area contributed by atoms with Crippen molar-refractivity contribution >= 4 is 28.2 Å². The molecule has 0 saturated carbocycles. The van der Waals surface area contributed by atoms with Crippen molar-refractivity contribution < 1.29 is 14.8 Å². The summed E-state index contributed by atoms with van der Waals surface area (Å²) in [4.78, 5) is 28.1. The Morgan fingerprint density at radius 1 is 1.23 bits per heavy atom. The minimum absolute atomic E-state index is 0.0769. The first kappa shape index (κ1) is 20.0. The standard InChI is InChI=1S/C22H19N5O4/c1-3-26-13(2)17(12-23-26)20-11-16(15-6-4-5-7-18(15)24-20)22(29)25-19-9-8-14(27(30)31)10-21(19)28/h4-12,28H,3H2,1-2H3,(H,25,29). The molecule has 0 saturated heterocycles. The number of pyridine rings is 1. The number of aryl methyl sites for hydroxylation is 1. The van der Waals surface area contributed by atoms with E-state index in [1.54, 1.807) is 18.3 Å². The second-order valence-electron chi connectivity index (χ2n) is 6.94. The number of aromatic nitrogens is 3. The normalized spacial score (nSPS) is 10.9. The number of non-ortho nitro benzene ring substituents is 1. The summed E-state index contributed by atoms with van der Waals surface area (Å²) in [6, 6.07) is 12.4. The van der Waals surface area contributed by atoms with Crippen molar-refractivity contribution in [2.75, 3.05) is 5.32 Å². The number of nitro groups is 1. The molecule has 2 aromatic heterocycles. The molecule has 9 heteroatoms. The smallest absolute Gasteiger partial charge is 0.273 e. The Morgan fingerprint density at radius 2 is 2.00 bits per heavy atom. The Kier molecular flexibility index (Phi) is 5.08. The lowest BCUT2D eigenvalue weighted by Gasteiger charge is -2.11. The number of hydrogen-bond acceptors (Lipinski definition) is 6. The molecule has 156 valence electrons. The summed E-state index contributed by atoms with van der Waals surface area (Å²) in [5.41, 5.74) is 3.17.